The number of hydrazone groups is 1. The van der Waals surface area contributed by atoms with E-state index < -0.39 is 5.82 Å². The first-order chi connectivity index (χ1) is 20.3. The quantitative estimate of drug-likeness (QED) is 0.113. The molecule has 1 aliphatic heterocycles. The SMILES string of the molecule is CCn1cc(-c2nc(SC/C(=N/NC(N)=S)c3ccc(OC)cc3)n[nH]2)c(=O)c2cc(F)c(N3CCN(C)CC3)cc21. The largest absolute Gasteiger partial charge is 0.497 e. The topological polar surface area (TPSA) is 130 Å². The molecule has 14 heteroatoms. The maximum atomic E-state index is 15.3. The van der Waals surface area contributed by atoms with Gasteiger partial charge in [0, 0.05) is 50.1 Å². The van der Waals surface area contributed by atoms with Crippen LogP contribution in [0.1, 0.15) is 12.5 Å². The molecule has 0 radical (unpaired) electrons. The number of aromatic nitrogens is 4. The second-order valence-electron chi connectivity index (χ2n) is 9.79. The molecule has 4 N–H and O–H groups in total. The number of benzene rings is 2. The zero-order chi connectivity index (χ0) is 29.8. The fraction of sp³-hybridized carbons (Fsp3) is 0.321. The van der Waals surface area contributed by atoms with Gasteiger partial charge in [0.25, 0.3) is 0 Å². The zero-order valence-electron chi connectivity index (χ0n) is 23.6. The first-order valence-electron chi connectivity index (χ1n) is 13.4. The lowest BCUT2D eigenvalue weighted by Crippen LogP contribution is -2.44. The maximum absolute atomic E-state index is 15.3. The van der Waals surface area contributed by atoms with E-state index in [4.69, 9.17) is 22.7 Å². The van der Waals surface area contributed by atoms with Crippen LogP contribution < -0.4 is 26.2 Å². The fourth-order valence-corrected chi connectivity index (χ4v) is 5.58. The molecule has 42 heavy (non-hydrogen) atoms. The molecule has 1 aliphatic rings. The highest BCUT2D eigenvalue weighted by Crippen LogP contribution is 2.28. The van der Waals surface area contributed by atoms with Crippen LogP contribution in [0.4, 0.5) is 10.1 Å². The summed E-state index contributed by atoms with van der Waals surface area (Å²) in [5.41, 5.74) is 10.9. The number of ether oxygens (including phenoxy) is 1. The predicted molar refractivity (Wildman–Crippen MR) is 169 cm³/mol. The molecule has 5 rings (SSSR count). The van der Waals surface area contributed by atoms with E-state index in [1.54, 1.807) is 19.4 Å². The van der Waals surface area contributed by atoms with E-state index in [1.807, 2.05) is 40.7 Å². The Bertz CT molecular complexity index is 1680. The Labute approximate surface area is 251 Å². The third-order valence-electron chi connectivity index (χ3n) is 7.12. The average Bonchev–Trinajstić information content (AvgIpc) is 3.46. The average molecular weight is 610 g/mol. The molecule has 0 bridgehead atoms. The van der Waals surface area contributed by atoms with Crippen molar-refractivity contribution >= 4 is 51.4 Å². The summed E-state index contributed by atoms with van der Waals surface area (Å²) in [6, 6.07) is 10.5. The number of likely N-dealkylation sites (N-methyl/N-ethyl adjacent to an activating group) is 1. The van der Waals surface area contributed by atoms with E-state index >= 15 is 4.39 Å². The van der Waals surface area contributed by atoms with Crippen LogP contribution in [0.25, 0.3) is 22.3 Å². The van der Waals surface area contributed by atoms with E-state index in [9.17, 15) is 4.79 Å². The number of hydrogen-bond donors (Lipinski definition) is 3. The predicted octanol–water partition coefficient (Wildman–Crippen LogP) is 3.04. The molecule has 1 saturated heterocycles. The molecule has 3 heterocycles. The van der Waals surface area contributed by atoms with Crippen molar-refractivity contribution in [3.63, 3.8) is 0 Å². The van der Waals surface area contributed by atoms with Crippen LogP contribution >= 0.6 is 24.0 Å². The van der Waals surface area contributed by atoms with Crippen molar-refractivity contribution in [2.75, 3.05) is 51.0 Å². The highest BCUT2D eigenvalue weighted by atomic mass is 32.2. The summed E-state index contributed by atoms with van der Waals surface area (Å²) < 4.78 is 22.5. The zero-order valence-corrected chi connectivity index (χ0v) is 25.2. The molecule has 0 aliphatic carbocycles. The van der Waals surface area contributed by atoms with Gasteiger partial charge in [-0.2, -0.15) is 5.10 Å². The number of thiocarbonyl (C=S) groups is 1. The molecule has 1 fully saturated rings. The van der Waals surface area contributed by atoms with Gasteiger partial charge in [-0.3, -0.25) is 15.3 Å². The monoisotopic (exact) mass is 609 g/mol. The number of hydrogen-bond acceptors (Lipinski definition) is 9. The van der Waals surface area contributed by atoms with Gasteiger partial charge in [0.2, 0.25) is 5.16 Å². The summed E-state index contributed by atoms with van der Waals surface area (Å²) in [5.74, 6) is 0.999. The van der Waals surface area contributed by atoms with Crippen LogP contribution in [0.3, 0.4) is 0 Å². The highest BCUT2D eigenvalue weighted by Gasteiger charge is 2.21. The van der Waals surface area contributed by atoms with Crippen molar-refractivity contribution in [1.29, 1.82) is 0 Å². The Balaban J connectivity index is 1.41. The molecule has 220 valence electrons. The van der Waals surface area contributed by atoms with Gasteiger partial charge in [0.1, 0.15) is 11.6 Å². The summed E-state index contributed by atoms with van der Waals surface area (Å²) in [6.07, 6.45) is 1.75. The number of halogens is 1. The number of H-pyrrole nitrogens is 1. The number of rotatable bonds is 9. The maximum Gasteiger partial charge on any atom is 0.209 e. The molecule has 0 unspecified atom stereocenters. The van der Waals surface area contributed by atoms with Crippen LogP contribution in [0.5, 0.6) is 5.75 Å². The van der Waals surface area contributed by atoms with Crippen molar-refractivity contribution in [2.24, 2.45) is 10.8 Å². The lowest BCUT2D eigenvalue weighted by atomic mass is 10.1. The number of thioether (sulfide) groups is 1. The van der Waals surface area contributed by atoms with Crippen molar-refractivity contribution in [3.8, 4) is 17.1 Å². The molecule has 4 aromatic rings. The number of anilines is 1. The molecule has 0 atom stereocenters. The summed E-state index contributed by atoms with van der Waals surface area (Å²) in [6.45, 7) is 5.73. The van der Waals surface area contributed by atoms with Crippen molar-refractivity contribution in [3.05, 3.63) is 64.2 Å². The van der Waals surface area contributed by atoms with Gasteiger partial charge in [0.05, 0.1) is 29.6 Å². The lowest BCUT2D eigenvalue weighted by molar-refractivity contribution is 0.312. The molecular weight excluding hydrogens is 578 g/mol. The van der Waals surface area contributed by atoms with E-state index in [2.05, 4.69) is 37.7 Å². The number of nitrogens with two attached hydrogens (primary N) is 1. The first-order valence-corrected chi connectivity index (χ1v) is 14.8. The lowest BCUT2D eigenvalue weighted by Gasteiger charge is -2.34. The molecule has 0 spiro atoms. The number of aryl methyl sites for hydroxylation is 1. The molecule has 0 saturated carbocycles. The normalized spacial score (nSPS) is 14.4. The summed E-state index contributed by atoms with van der Waals surface area (Å²) in [7, 11) is 3.66. The minimum atomic E-state index is -0.409. The first kappa shape index (κ1) is 29.5. The third-order valence-corrected chi connectivity index (χ3v) is 8.07. The number of nitrogens with zero attached hydrogens (tertiary/aromatic N) is 6. The van der Waals surface area contributed by atoms with Gasteiger partial charge in [0.15, 0.2) is 16.4 Å². The third kappa shape index (κ3) is 6.40. The number of nitrogens with one attached hydrogen (secondary N) is 2. The van der Waals surface area contributed by atoms with E-state index in [1.165, 1.54) is 17.8 Å². The summed E-state index contributed by atoms with van der Waals surface area (Å²) in [5, 5.41) is 12.3. The van der Waals surface area contributed by atoms with Crippen LogP contribution in [0.2, 0.25) is 0 Å². The smallest absolute Gasteiger partial charge is 0.209 e. The van der Waals surface area contributed by atoms with Crippen molar-refractivity contribution in [1.82, 2.24) is 30.1 Å². The molecule has 2 aromatic carbocycles. The number of piperazine rings is 1. The molecule has 0 amide bonds. The van der Waals surface area contributed by atoms with Crippen LogP contribution in [0.15, 0.2) is 57.6 Å². The standard InChI is InChI=1S/C28H32FN9O2S2/c1-4-37-15-20(25(39)19-13-21(29)24(14-23(19)37)38-11-9-36(2)10-12-38)26-31-28(35-33-26)42-16-22(32-34-27(30)41)17-5-7-18(40-3)8-6-17/h5-8,13-15H,4,9-12,16H2,1-3H3,(H3,30,34,41)(H,31,33,35)/b32-22-. The van der Waals surface area contributed by atoms with Gasteiger partial charge >= 0.3 is 0 Å². The van der Waals surface area contributed by atoms with Crippen molar-refractivity contribution < 1.29 is 9.13 Å². The Morgan fingerprint density at radius 2 is 1.98 bits per heavy atom. The van der Waals surface area contributed by atoms with Crippen LogP contribution in [0, 0.1) is 5.82 Å². The second kappa shape index (κ2) is 12.9. The van der Waals surface area contributed by atoms with Gasteiger partial charge in [-0.05, 0) is 68.2 Å². The number of fused-ring (bicyclic) bond motifs is 1. The Kier molecular flexibility index (Phi) is 9.04. The molecule has 11 nitrogen and oxygen atoms in total. The van der Waals surface area contributed by atoms with Gasteiger partial charge in [-0.25, -0.2) is 9.37 Å². The Morgan fingerprint density at radius 1 is 1.24 bits per heavy atom. The van der Waals surface area contributed by atoms with Crippen molar-refractivity contribution in [2.45, 2.75) is 18.6 Å². The summed E-state index contributed by atoms with van der Waals surface area (Å²) >= 11 is 6.22. The minimum absolute atomic E-state index is 0.0433. The number of pyridine rings is 1. The van der Waals surface area contributed by atoms with E-state index in [-0.39, 0.29) is 10.5 Å². The van der Waals surface area contributed by atoms with E-state index in [0.717, 1.165) is 37.5 Å². The molecule has 2 aromatic heterocycles. The summed E-state index contributed by atoms with van der Waals surface area (Å²) in [4.78, 5) is 22.4. The van der Waals surface area contributed by atoms with Gasteiger partial charge < -0.3 is 24.8 Å². The Morgan fingerprint density at radius 3 is 2.64 bits per heavy atom. The number of methoxy groups -OCH3 is 1. The Hall–Kier alpha value is -4.01. The minimum Gasteiger partial charge on any atom is -0.497 e. The second-order valence-corrected chi connectivity index (χ2v) is 11.2. The number of aromatic amines is 1. The van der Waals surface area contributed by atoms with Crippen LogP contribution in [-0.4, -0.2) is 81.6 Å². The van der Waals surface area contributed by atoms with Gasteiger partial charge in [-0.15, -0.1) is 5.10 Å². The highest BCUT2D eigenvalue weighted by molar-refractivity contribution is 7.99. The van der Waals surface area contributed by atoms with Crippen LogP contribution in [-0.2, 0) is 6.54 Å². The fourth-order valence-electron chi connectivity index (χ4n) is 4.77. The van der Waals surface area contributed by atoms with E-state index in [0.29, 0.717) is 51.1 Å². The van der Waals surface area contributed by atoms with Gasteiger partial charge in [-0.1, -0.05) is 11.8 Å². The molecular formula is C28H32FN9O2S2.